The van der Waals surface area contributed by atoms with Crippen LogP contribution in [0.15, 0.2) is 0 Å². The van der Waals surface area contributed by atoms with Crippen LogP contribution in [0, 0.1) is 5.92 Å². The minimum absolute atomic E-state index is 0.135. The second kappa shape index (κ2) is 3.10. The van der Waals surface area contributed by atoms with E-state index in [-0.39, 0.29) is 18.4 Å². The molecule has 1 atom stereocenters. The molecule has 1 aliphatic carbocycles. The van der Waals surface area contributed by atoms with Crippen LogP contribution in [0.25, 0.3) is 0 Å². The molecule has 2 aliphatic rings. The molecule has 1 aliphatic heterocycles. The highest BCUT2D eigenvalue weighted by molar-refractivity contribution is 6.01. The van der Waals surface area contributed by atoms with Crippen molar-refractivity contribution in [2.24, 2.45) is 5.92 Å². The van der Waals surface area contributed by atoms with E-state index in [9.17, 15) is 14.7 Å². The fourth-order valence-corrected chi connectivity index (χ4v) is 1.64. The van der Waals surface area contributed by atoms with E-state index in [4.69, 9.17) is 0 Å². The van der Waals surface area contributed by atoms with Gasteiger partial charge in [0.1, 0.15) is 0 Å². The fraction of sp³-hybridized carbons (Fsp3) is 0.778. The average molecular weight is 183 g/mol. The van der Waals surface area contributed by atoms with Gasteiger partial charge in [0, 0.05) is 12.8 Å². The first-order valence-corrected chi connectivity index (χ1v) is 4.70. The van der Waals surface area contributed by atoms with Crippen LogP contribution < -0.4 is 0 Å². The summed E-state index contributed by atoms with van der Waals surface area (Å²) in [4.78, 5) is 23.5. The third-order valence-corrected chi connectivity index (χ3v) is 2.69. The number of likely N-dealkylation sites (tertiary alicyclic amines) is 1. The molecule has 0 spiro atoms. The summed E-state index contributed by atoms with van der Waals surface area (Å²) < 4.78 is 0. The molecule has 1 saturated heterocycles. The van der Waals surface area contributed by atoms with Crippen molar-refractivity contribution in [1.29, 1.82) is 0 Å². The van der Waals surface area contributed by atoms with Crippen LogP contribution in [-0.2, 0) is 9.59 Å². The Morgan fingerprint density at radius 2 is 1.85 bits per heavy atom. The van der Waals surface area contributed by atoms with Crippen molar-refractivity contribution in [3.05, 3.63) is 0 Å². The summed E-state index contributed by atoms with van der Waals surface area (Å²) in [5, 5.41) is 9.54. The number of hydrogen-bond donors (Lipinski definition) is 1. The van der Waals surface area contributed by atoms with Crippen LogP contribution in [0.3, 0.4) is 0 Å². The van der Waals surface area contributed by atoms with Crippen molar-refractivity contribution in [2.45, 2.75) is 31.8 Å². The SMILES string of the molecule is O=C1CCC(=O)N1CC(O)C1CC1. The van der Waals surface area contributed by atoms with Gasteiger partial charge in [0.15, 0.2) is 0 Å². The number of carbonyl (C=O) groups excluding carboxylic acids is 2. The molecule has 0 aromatic carbocycles. The van der Waals surface area contributed by atoms with Crippen molar-refractivity contribution < 1.29 is 14.7 Å². The predicted octanol–water partition coefficient (Wildman–Crippen LogP) is -0.0937. The van der Waals surface area contributed by atoms with Crippen molar-refractivity contribution in [3.63, 3.8) is 0 Å². The third kappa shape index (κ3) is 1.72. The molecular formula is C9H13NO3. The summed E-state index contributed by atoms with van der Waals surface area (Å²) in [5.41, 5.74) is 0. The molecule has 0 aromatic heterocycles. The molecule has 2 amide bonds. The molecule has 4 nitrogen and oxygen atoms in total. The molecule has 1 heterocycles. The Labute approximate surface area is 76.5 Å². The molecule has 4 heteroatoms. The smallest absolute Gasteiger partial charge is 0.229 e. The van der Waals surface area contributed by atoms with Crippen molar-refractivity contribution in [2.75, 3.05) is 6.54 Å². The van der Waals surface area contributed by atoms with Gasteiger partial charge in [-0.05, 0) is 18.8 Å². The number of aliphatic hydroxyl groups is 1. The predicted molar refractivity (Wildman–Crippen MR) is 44.7 cm³/mol. The summed E-state index contributed by atoms with van der Waals surface area (Å²) >= 11 is 0. The van der Waals surface area contributed by atoms with E-state index in [2.05, 4.69) is 0 Å². The molecule has 0 aromatic rings. The fourth-order valence-electron chi connectivity index (χ4n) is 1.64. The average Bonchev–Trinajstić information content (AvgIpc) is 2.88. The quantitative estimate of drug-likeness (QED) is 0.622. The number of amides is 2. The topological polar surface area (TPSA) is 57.6 Å². The van der Waals surface area contributed by atoms with E-state index in [1.807, 2.05) is 0 Å². The lowest BCUT2D eigenvalue weighted by atomic mass is 10.2. The van der Waals surface area contributed by atoms with Gasteiger partial charge in [0.25, 0.3) is 0 Å². The molecule has 72 valence electrons. The van der Waals surface area contributed by atoms with Crippen LogP contribution >= 0.6 is 0 Å². The molecule has 1 unspecified atom stereocenters. The number of β-amino-alcohol motifs (C(OH)–C–C–N with tert-alkyl or cyclic N) is 1. The Balaban J connectivity index is 1.91. The maximum atomic E-state index is 11.2. The third-order valence-electron chi connectivity index (χ3n) is 2.69. The van der Waals surface area contributed by atoms with Crippen LogP contribution in [0.4, 0.5) is 0 Å². The van der Waals surface area contributed by atoms with Crippen molar-refractivity contribution in [3.8, 4) is 0 Å². The Morgan fingerprint density at radius 3 is 2.31 bits per heavy atom. The van der Waals surface area contributed by atoms with Gasteiger partial charge in [-0.2, -0.15) is 0 Å². The second-order valence-electron chi connectivity index (χ2n) is 3.80. The monoisotopic (exact) mass is 183 g/mol. The molecule has 2 fully saturated rings. The first-order chi connectivity index (χ1) is 6.18. The minimum Gasteiger partial charge on any atom is -0.391 e. The zero-order valence-corrected chi connectivity index (χ0v) is 7.40. The minimum atomic E-state index is -0.494. The summed E-state index contributed by atoms with van der Waals surface area (Å²) in [7, 11) is 0. The molecule has 0 radical (unpaired) electrons. The second-order valence-corrected chi connectivity index (χ2v) is 3.80. The van der Waals surface area contributed by atoms with Crippen molar-refractivity contribution >= 4 is 11.8 Å². The molecular weight excluding hydrogens is 170 g/mol. The van der Waals surface area contributed by atoms with Gasteiger partial charge in [-0.1, -0.05) is 0 Å². The zero-order valence-electron chi connectivity index (χ0n) is 7.40. The van der Waals surface area contributed by atoms with E-state index >= 15 is 0 Å². The lowest BCUT2D eigenvalue weighted by molar-refractivity contribution is -0.140. The van der Waals surface area contributed by atoms with Crippen molar-refractivity contribution in [1.82, 2.24) is 4.90 Å². The molecule has 1 N–H and O–H groups in total. The molecule has 1 saturated carbocycles. The number of carbonyl (C=O) groups is 2. The number of aliphatic hydroxyl groups excluding tert-OH is 1. The summed E-state index contributed by atoms with van der Waals surface area (Å²) in [5.74, 6) is 0.0515. The van der Waals surface area contributed by atoms with Crippen LogP contribution in [0.5, 0.6) is 0 Å². The van der Waals surface area contributed by atoms with Crippen LogP contribution in [0.2, 0.25) is 0 Å². The highest BCUT2D eigenvalue weighted by Gasteiger charge is 2.36. The maximum Gasteiger partial charge on any atom is 0.229 e. The van der Waals surface area contributed by atoms with Gasteiger partial charge in [-0.15, -0.1) is 0 Å². The van der Waals surface area contributed by atoms with Crippen LogP contribution in [0.1, 0.15) is 25.7 Å². The Hall–Kier alpha value is -0.900. The largest absolute Gasteiger partial charge is 0.391 e. The van der Waals surface area contributed by atoms with E-state index in [1.165, 1.54) is 4.90 Å². The maximum absolute atomic E-state index is 11.2. The van der Waals surface area contributed by atoms with Gasteiger partial charge in [0.2, 0.25) is 11.8 Å². The summed E-state index contributed by atoms with van der Waals surface area (Å²) in [6.07, 6.45) is 2.19. The first-order valence-electron chi connectivity index (χ1n) is 4.70. The zero-order chi connectivity index (χ0) is 9.42. The van der Waals surface area contributed by atoms with Gasteiger partial charge in [-0.3, -0.25) is 14.5 Å². The molecule has 13 heavy (non-hydrogen) atoms. The van der Waals surface area contributed by atoms with E-state index < -0.39 is 6.10 Å². The lowest BCUT2D eigenvalue weighted by Crippen LogP contribution is -2.37. The number of imide groups is 1. The highest BCUT2D eigenvalue weighted by Crippen LogP contribution is 2.33. The van der Waals surface area contributed by atoms with Gasteiger partial charge >= 0.3 is 0 Å². The number of rotatable bonds is 3. The normalized spacial score (nSPS) is 25.5. The Morgan fingerprint density at radius 1 is 1.31 bits per heavy atom. The lowest BCUT2D eigenvalue weighted by Gasteiger charge is -2.17. The highest BCUT2D eigenvalue weighted by atomic mass is 16.3. The van der Waals surface area contributed by atoms with Gasteiger partial charge < -0.3 is 5.11 Å². The summed E-state index contributed by atoms with van der Waals surface area (Å²) in [6.45, 7) is 0.211. The number of nitrogens with zero attached hydrogens (tertiary/aromatic N) is 1. The Bertz CT molecular complexity index is 231. The molecule has 2 rings (SSSR count). The van der Waals surface area contributed by atoms with Gasteiger partial charge in [0.05, 0.1) is 12.6 Å². The standard InChI is InChI=1S/C9H13NO3/c11-7(6-1-2-6)5-10-8(12)3-4-9(10)13/h6-7,11H,1-5H2. The van der Waals surface area contributed by atoms with E-state index in [1.54, 1.807) is 0 Å². The van der Waals surface area contributed by atoms with Crippen LogP contribution in [-0.4, -0.2) is 34.5 Å². The van der Waals surface area contributed by atoms with Gasteiger partial charge in [-0.25, -0.2) is 0 Å². The molecule has 0 bridgehead atoms. The van der Waals surface area contributed by atoms with E-state index in [0.29, 0.717) is 18.8 Å². The Kier molecular flexibility index (Phi) is 2.07. The number of hydrogen-bond acceptors (Lipinski definition) is 3. The first kappa shape index (κ1) is 8.69. The summed E-state index contributed by atoms with van der Waals surface area (Å²) in [6, 6.07) is 0. The van der Waals surface area contributed by atoms with E-state index in [0.717, 1.165) is 12.8 Å².